The monoisotopic (exact) mass is 389 g/mol. The zero-order chi connectivity index (χ0) is 20.4. The van der Waals surface area contributed by atoms with Gasteiger partial charge in [-0.2, -0.15) is 0 Å². The average molecular weight is 389 g/mol. The lowest BCUT2D eigenvalue weighted by atomic mass is 9.86. The molecule has 6 nitrogen and oxygen atoms in total. The molecule has 0 aliphatic heterocycles. The van der Waals surface area contributed by atoms with E-state index in [9.17, 15) is 14.7 Å². The van der Waals surface area contributed by atoms with Crippen LogP contribution < -0.4 is 4.74 Å². The molecule has 1 aliphatic carbocycles. The van der Waals surface area contributed by atoms with E-state index in [4.69, 9.17) is 14.8 Å². The fourth-order valence-corrected chi connectivity index (χ4v) is 3.73. The number of nitrogens with zero attached hydrogens (tertiary/aromatic N) is 1. The first-order chi connectivity index (χ1) is 14.0. The molecule has 0 fully saturated rings. The molecule has 4 rings (SSSR count). The van der Waals surface area contributed by atoms with Gasteiger partial charge in [-0.15, -0.1) is 0 Å². The third kappa shape index (κ3) is 3.82. The predicted octanol–water partition coefficient (Wildman–Crippen LogP) is 4.27. The van der Waals surface area contributed by atoms with E-state index in [1.807, 2.05) is 36.4 Å². The maximum absolute atomic E-state index is 12.0. The van der Waals surface area contributed by atoms with E-state index in [0.29, 0.717) is 28.6 Å². The highest BCUT2D eigenvalue weighted by molar-refractivity contribution is 6.05. The third-order valence-corrected chi connectivity index (χ3v) is 4.97. The van der Waals surface area contributed by atoms with Crippen LogP contribution >= 0.6 is 0 Å². The van der Waals surface area contributed by atoms with E-state index in [0.717, 1.165) is 35.2 Å². The quantitative estimate of drug-likeness (QED) is 0.676. The molecule has 146 valence electrons. The van der Waals surface area contributed by atoms with Crippen molar-refractivity contribution in [3.8, 4) is 5.75 Å². The van der Waals surface area contributed by atoms with Gasteiger partial charge >= 0.3 is 11.9 Å². The Morgan fingerprint density at radius 3 is 2.52 bits per heavy atom. The van der Waals surface area contributed by atoms with Crippen LogP contribution in [0.15, 0.2) is 48.5 Å². The summed E-state index contributed by atoms with van der Waals surface area (Å²) in [4.78, 5) is 27.4. The lowest BCUT2D eigenvalue weighted by molar-refractivity contribution is -0.139. The second-order valence-corrected chi connectivity index (χ2v) is 6.91. The summed E-state index contributed by atoms with van der Waals surface area (Å²) in [5.74, 6) is -1.47. The second-order valence-electron chi connectivity index (χ2n) is 6.91. The van der Waals surface area contributed by atoms with Crippen molar-refractivity contribution in [1.82, 2.24) is 4.98 Å². The third-order valence-electron chi connectivity index (χ3n) is 4.97. The number of fused-ring (bicyclic) bond motifs is 2. The summed E-state index contributed by atoms with van der Waals surface area (Å²) in [6.07, 6.45) is 4.37. The molecule has 0 saturated carbocycles. The van der Waals surface area contributed by atoms with Crippen molar-refractivity contribution in [2.24, 2.45) is 0 Å². The van der Waals surface area contributed by atoms with E-state index in [-0.39, 0.29) is 6.61 Å². The molecule has 0 atom stereocenters. The minimum Gasteiger partial charge on any atom is -0.482 e. The Kier molecular flexibility index (Phi) is 4.99. The van der Waals surface area contributed by atoms with Gasteiger partial charge in [0.25, 0.3) is 0 Å². The van der Waals surface area contributed by atoms with Gasteiger partial charge < -0.3 is 14.9 Å². The van der Waals surface area contributed by atoms with Crippen LogP contribution in [0, 0.1) is 0 Å². The van der Waals surface area contributed by atoms with Crippen LogP contribution in [0.4, 0.5) is 0 Å². The van der Waals surface area contributed by atoms with Crippen LogP contribution in [0.25, 0.3) is 22.6 Å². The summed E-state index contributed by atoms with van der Waals surface area (Å²) >= 11 is 0. The van der Waals surface area contributed by atoms with Crippen molar-refractivity contribution in [3.63, 3.8) is 0 Å². The van der Waals surface area contributed by atoms with Crippen molar-refractivity contribution < 1.29 is 24.5 Å². The van der Waals surface area contributed by atoms with E-state index in [2.05, 4.69) is 0 Å². The van der Waals surface area contributed by atoms with Crippen molar-refractivity contribution in [1.29, 1.82) is 0 Å². The van der Waals surface area contributed by atoms with Crippen LogP contribution in [0.2, 0.25) is 0 Å². The standard InChI is InChI=1S/C23H19NO5/c25-20(26)13-29-16-10-8-14(9-11-16)12-15-4-3-6-18-21(23(27)28)17-5-1-2-7-19(17)24-22(15)18/h1-2,5,7-12H,3-4,6,13H2,(H,25,26)(H,27,28). The SMILES string of the molecule is O=C(O)COc1ccc(C=C2CCCc3c2nc2ccccc2c3C(=O)O)cc1. The molecule has 0 amide bonds. The molecule has 1 aromatic heterocycles. The number of allylic oxidation sites excluding steroid dienone is 1. The zero-order valence-electron chi connectivity index (χ0n) is 15.6. The van der Waals surface area contributed by atoms with E-state index < -0.39 is 11.9 Å². The number of carbonyl (C=O) groups is 2. The largest absolute Gasteiger partial charge is 0.482 e. The normalized spacial score (nSPS) is 14.6. The lowest BCUT2D eigenvalue weighted by Gasteiger charge is -2.21. The molecule has 0 saturated heterocycles. The number of aromatic carboxylic acids is 1. The zero-order valence-corrected chi connectivity index (χ0v) is 15.6. The fraction of sp³-hybridized carbons (Fsp3) is 0.174. The Labute approximate surface area is 167 Å². The molecule has 0 bridgehead atoms. The predicted molar refractivity (Wildman–Crippen MR) is 109 cm³/mol. The van der Waals surface area contributed by atoms with Crippen LogP contribution in [-0.4, -0.2) is 33.7 Å². The van der Waals surface area contributed by atoms with Crippen molar-refractivity contribution in [3.05, 3.63) is 70.9 Å². The Balaban J connectivity index is 1.75. The van der Waals surface area contributed by atoms with Gasteiger partial charge in [-0.3, -0.25) is 0 Å². The number of pyridine rings is 1. The number of aliphatic carboxylic acids is 1. The molecule has 3 aromatic rings. The van der Waals surface area contributed by atoms with Gasteiger partial charge in [0.05, 0.1) is 16.8 Å². The summed E-state index contributed by atoms with van der Waals surface area (Å²) < 4.78 is 5.16. The van der Waals surface area contributed by atoms with E-state index >= 15 is 0 Å². The van der Waals surface area contributed by atoms with Crippen molar-refractivity contribution in [2.75, 3.05) is 6.61 Å². The maximum atomic E-state index is 12.0. The highest BCUT2D eigenvalue weighted by Crippen LogP contribution is 2.36. The smallest absolute Gasteiger partial charge is 0.341 e. The number of para-hydroxylation sites is 1. The first kappa shape index (κ1) is 18.7. The molecule has 1 aliphatic rings. The van der Waals surface area contributed by atoms with Gasteiger partial charge in [-0.1, -0.05) is 30.3 Å². The van der Waals surface area contributed by atoms with Crippen LogP contribution in [0.5, 0.6) is 5.75 Å². The molecule has 1 heterocycles. The molecule has 0 radical (unpaired) electrons. The first-order valence-electron chi connectivity index (χ1n) is 9.33. The van der Waals surface area contributed by atoms with Gasteiger partial charge in [0, 0.05) is 5.39 Å². The number of carboxylic acid groups (broad SMARTS) is 2. The molecular weight excluding hydrogens is 370 g/mol. The van der Waals surface area contributed by atoms with Crippen molar-refractivity contribution >= 4 is 34.5 Å². The van der Waals surface area contributed by atoms with E-state index in [1.165, 1.54) is 0 Å². The van der Waals surface area contributed by atoms with Gasteiger partial charge in [0.15, 0.2) is 6.61 Å². The minimum atomic E-state index is -1.03. The summed E-state index contributed by atoms with van der Waals surface area (Å²) in [6.45, 7) is -0.386. The number of benzene rings is 2. The molecule has 2 N–H and O–H groups in total. The van der Waals surface area contributed by atoms with Crippen LogP contribution in [0.3, 0.4) is 0 Å². The van der Waals surface area contributed by atoms with Crippen LogP contribution in [-0.2, 0) is 11.2 Å². The maximum Gasteiger partial charge on any atom is 0.341 e. The Bertz CT molecular complexity index is 1130. The van der Waals surface area contributed by atoms with Gasteiger partial charge in [-0.25, -0.2) is 14.6 Å². The lowest BCUT2D eigenvalue weighted by Crippen LogP contribution is -2.13. The highest BCUT2D eigenvalue weighted by Gasteiger charge is 2.24. The van der Waals surface area contributed by atoms with Gasteiger partial charge in [0.1, 0.15) is 5.75 Å². The molecule has 29 heavy (non-hydrogen) atoms. The summed E-state index contributed by atoms with van der Waals surface area (Å²) in [7, 11) is 0. The number of hydrogen-bond donors (Lipinski definition) is 2. The number of ether oxygens (including phenoxy) is 1. The number of rotatable bonds is 5. The van der Waals surface area contributed by atoms with Gasteiger partial charge in [-0.05, 0) is 60.2 Å². The van der Waals surface area contributed by atoms with Gasteiger partial charge in [0.2, 0.25) is 0 Å². The Hall–Kier alpha value is -3.67. The molecule has 0 spiro atoms. The topological polar surface area (TPSA) is 96.7 Å². The molecule has 2 aromatic carbocycles. The molecular formula is C23H19NO5. The summed E-state index contributed by atoms with van der Waals surface area (Å²) in [5, 5.41) is 19.2. The number of carboxylic acids is 2. The minimum absolute atomic E-state index is 0.341. The van der Waals surface area contributed by atoms with E-state index in [1.54, 1.807) is 18.2 Å². The molecule has 6 heteroatoms. The molecule has 0 unspecified atom stereocenters. The second kappa shape index (κ2) is 7.75. The van der Waals surface area contributed by atoms with Crippen LogP contribution in [0.1, 0.15) is 40.0 Å². The Morgan fingerprint density at radius 1 is 1.03 bits per heavy atom. The summed E-state index contributed by atoms with van der Waals surface area (Å²) in [6, 6.07) is 14.5. The Morgan fingerprint density at radius 2 is 1.79 bits per heavy atom. The van der Waals surface area contributed by atoms with Crippen molar-refractivity contribution in [2.45, 2.75) is 19.3 Å². The first-order valence-corrected chi connectivity index (χ1v) is 9.33. The number of hydrogen-bond acceptors (Lipinski definition) is 4. The number of aromatic nitrogens is 1. The summed E-state index contributed by atoms with van der Waals surface area (Å²) in [5.41, 5.74) is 4.47. The highest BCUT2D eigenvalue weighted by atomic mass is 16.5. The average Bonchev–Trinajstić information content (AvgIpc) is 2.71. The fourth-order valence-electron chi connectivity index (χ4n) is 3.73.